The van der Waals surface area contributed by atoms with Crippen molar-refractivity contribution in [3.05, 3.63) is 35.6 Å². The zero-order valence-corrected chi connectivity index (χ0v) is 18.1. The molecule has 0 aliphatic heterocycles. The highest BCUT2D eigenvalue weighted by Crippen LogP contribution is 2.39. The molecule has 0 unspecified atom stereocenters. The van der Waals surface area contributed by atoms with Crippen LogP contribution in [0.5, 0.6) is 5.88 Å². The molecule has 0 amide bonds. The van der Waals surface area contributed by atoms with Gasteiger partial charge in [-0.15, -0.1) is 0 Å². The Kier molecular flexibility index (Phi) is 9.32. The fourth-order valence-electron chi connectivity index (χ4n) is 2.66. The Hall–Kier alpha value is -1.71. The van der Waals surface area contributed by atoms with E-state index >= 15 is 0 Å². The average molecular weight is 469 g/mol. The minimum Gasteiger partial charge on any atom is -0.363 e. The molecule has 0 atom stereocenters. The van der Waals surface area contributed by atoms with Crippen LogP contribution in [-0.2, 0) is 0 Å². The van der Waals surface area contributed by atoms with E-state index in [1.165, 1.54) is 18.4 Å². The summed E-state index contributed by atoms with van der Waals surface area (Å²) in [5.41, 5.74) is 1.76. The summed E-state index contributed by atoms with van der Waals surface area (Å²) in [4.78, 5) is 4.28. The Labute approximate surface area is 181 Å². The summed E-state index contributed by atoms with van der Waals surface area (Å²) in [6, 6.07) is 6.17. The third kappa shape index (κ3) is 6.13. The Morgan fingerprint density at radius 1 is 1.31 bits per heavy atom. The SMILES string of the molecule is CC.ClOc1c(NSc2c[nH]c3cc(Cl)ccc23)cnn1C1CCC1.FC(F)F. The summed E-state index contributed by atoms with van der Waals surface area (Å²) in [6.07, 6.45) is 7.14. The lowest BCUT2D eigenvalue weighted by atomic mass is 9.93. The van der Waals surface area contributed by atoms with Gasteiger partial charge in [-0.2, -0.15) is 18.3 Å². The Bertz CT molecular complexity index is 900. The van der Waals surface area contributed by atoms with Crippen LogP contribution in [0.2, 0.25) is 5.02 Å². The van der Waals surface area contributed by atoms with Crippen LogP contribution in [-0.4, -0.2) is 21.4 Å². The number of nitrogens with zero attached hydrogens (tertiary/aromatic N) is 2. The van der Waals surface area contributed by atoms with Crippen molar-refractivity contribution in [2.75, 3.05) is 4.72 Å². The maximum atomic E-state index is 9.67. The van der Waals surface area contributed by atoms with Crippen LogP contribution in [0.4, 0.5) is 18.9 Å². The second-order valence-electron chi connectivity index (χ2n) is 5.76. The molecule has 11 heteroatoms. The molecule has 1 aliphatic rings. The monoisotopic (exact) mass is 468 g/mol. The molecule has 160 valence electrons. The zero-order chi connectivity index (χ0) is 21.4. The van der Waals surface area contributed by atoms with Crippen molar-refractivity contribution >= 4 is 52.0 Å². The van der Waals surface area contributed by atoms with Crippen molar-refractivity contribution in [2.45, 2.75) is 50.7 Å². The van der Waals surface area contributed by atoms with Gasteiger partial charge in [-0.25, -0.2) is 4.68 Å². The highest BCUT2D eigenvalue weighted by atomic mass is 35.5. The van der Waals surface area contributed by atoms with Crippen LogP contribution >= 0.6 is 35.4 Å². The van der Waals surface area contributed by atoms with E-state index < -0.39 is 6.68 Å². The van der Waals surface area contributed by atoms with E-state index in [2.05, 4.69) is 14.8 Å². The third-order valence-corrected chi connectivity index (χ3v) is 5.38. The first-order valence-electron chi connectivity index (χ1n) is 8.97. The van der Waals surface area contributed by atoms with Gasteiger partial charge in [0.2, 0.25) is 0 Å². The van der Waals surface area contributed by atoms with E-state index in [0.29, 0.717) is 16.9 Å². The summed E-state index contributed by atoms with van der Waals surface area (Å²) in [6.45, 7) is 0.333. The average Bonchev–Trinajstić information content (AvgIpc) is 3.23. The van der Waals surface area contributed by atoms with E-state index in [9.17, 15) is 13.2 Å². The molecule has 2 aromatic heterocycles. The molecule has 2 N–H and O–H groups in total. The van der Waals surface area contributed by atoms with Crippen molar-refractivity contribution < 1.29 is 17.5 Å². The van der Waals surface area contributed by atoms with E-state index in [0.717, 1.165) is 34.3 Å². The molecule has 5 nitrogen and oxygen atoms in total. The molecule has 1 fully saturated rings. The number of nitrogens with one attached hydrogen (secondary N) is 2. The minimum absolute atomic E-state index is 0.388. The molecule has 0 bridgehead atoms. The molecule has 2 heterocycles. The number of anilines is 1. The number of hydrogen-bond donors (Lipinski definition) is 2. The summed E-state index contributed by atoms with van der Waals surface area (Å²) >= 11 is 13.1. The zero-order valence-electron chi connectivity index (χ0n) is 15.8. The lowest BCUT2D eigenvalue weighted by Crippen LogP contribution is -2.18. The van der Waals surface area contributed by atoms with Crippen molar-refractivity contribution in [1.82, 2.24) is 14.8 Å². The second-order valence-corrected chi connectivity index (χ2v) is 7.20. The van der Waals surface area contributed by atoms with Crippen LogP contribution in [0.15, 0.2) is 35.5 Å². The van der Waals surface area contributed by atoms with Crippen LogP contribution in [0.3, 0.4) is 0 Å². The second kappa shape index (κ2) is 11.5. The molecule has 4 rings (SSSR count). The standard InChI is InChI=1S/C15H14Cl2N4OS.C2H6.CHF3/c16-9-4-5-11-12(6-9)18-8-14(11)23-20-13-7-19-21(15(13)22-17)10-2-1-3-10;1-2;2-1(3)4/h4-8,10,18,20H,1-3H2;1-2H3;1H. The normalized spacial score (nSPS) is 13.2. The summed E-state index contributed by atoms with van der Waals surface area (Å²) in [5, 5.41) is 6.20. The molecule has 0 spiro atoms. The molecule has 1 saturated carbocycles. The molecule has 1 aliphatic carbocycles. The number of H-pyrrole nitrogens is 1. The summed E-state index contributed by atoms with van der Waals surface area (Å²) in [7, 11) is 0. The van der Waals surface area contributed by atoms with Gasteiger partial charge in [-0.05, 0) is 43.3 Å². The van der Waals surface area contributed by atoms with Gasteiger partial charge >= 0.3 is 6.68 Å². The first kappa shape index (κ1) is 23.6. The maximum Gasteiger partial charge on any atom is 0.379 e. The molecule has 0 radical (unpaired) electrons. The van der Waals surface area contributed by atoms with Gasteiger partial charge in [0.15, 0.2) is 0 Å². The lowest BCUT2D eigenvalue weighted by Gasteiger charge is -2.26. The van der Waals surface area contributed by atoms with Gasteiger partial charge in [-0.3, -0.25) is 0 Å². The van der Waals surface area contributed by atoms with Crippen LogP contribution in [0, 0.1) is 0 Å². The van der Waals surface area contributed by atoms with Gasteiger partial charge in [-0.1, -0.05) is 31.5 Å². The molecule has 29 heavy (non-hydrogen) atoms. The molecule has 1 aromatic carbocycles. The molecule has 0 saturated heterocycles. The van der Waals surface area contributed by atoms with Gasteiger partial charge < -0.3 is 14.0 Å². The Morgan fingerprint density at radius 3 is 2.59 bits per heavy atom. The number of hydrogen-bond acceptors (Lipinski definition) is 4. The predicted octanol–water partition coefficient (Wildman–Crippen LogP) is 7.60. The van der Waals surface area contributed by atoms with E-state index in [1.54, 1.807) is 6.20 Å². The number of alkyl halides is 3. The van der Waals surface area contributed by atoms with Crippen molar-refractivity contribution in [2.24, 2.45) is 0 Å². The molecular weight excluding hydrogens is 448 g/mol. The smallest absolute Gasteiger partial charge is 0.363 e. The number of rotatable bonds is 5. The summed E-state index contributed by atoms with van der Waals surface area (Å²) in [5.74, 6) is 0.562. The number of halogens is 5. The van der Waals surface area contributed by atoms with Crippen LogP contribution in [0.25, 0.3) is 10.9 Å². The van der Waals surface area contributed by atoms with E-state index in [1.807, 2.05) is 42.9 Å². The quantitative estimate of drug-likeness (QED) is 0.378. The van der Waals surface area contributed by atoms with Crippen molar-refractivity contribution in [3.63, 3.8) is 0 Å². The number of fused-ring (bicyclic) bond motifs is 1. The molecular formula is C18H21Cl2F3N4OS. The molecule has 3 aromatic rings. The highest BCUT2D eigenvalue weighted by molar-refractivity contribution is 8.00. The fourth-order valence-corrected chi connectivity index (χ4v) is 3.75. The minimum atomic E-state index is -3.67. The van der Waals surface area contributed by atoms with Crippen molar-refractivity contribution in [3.8, 4) is 5.88 Å². The van der Waals surface area contributed by atoms with Gasteiger partial charge in [0.25, 0.3) is 5.88 Å². The lowest BCUT2D eigenvalue weighted by molar-refractivity contribution is 0.00819. The fraction of sp³-hybridized carbons (Fsp3) is 0.389. The van der Waals surface area contributed by atoms with E-state index in [-0.39, 0.29) is 0 Å². The third-order valence-electron chi connectivity index (χ3n) is 4.12. The largest absolute Gasteiger partial charge is 0.379 e. The van der Waals surface area contributed by atoms with Gasteiger partial charge in [0.1, 0.15) is 17.6 Å². The van der Waals surface area contributed by atoms with Crippen LogP contribution in [0.1, 0.15) is 39.2 Å². The number of aromatic amines is 1. The highest BCUT2D eigenvalue weighted by Gasteiger charge is 2.25. The van der Waals surface area contributed by atoms with Gasteiger partial charge in [0.05, 0.1) is 17.1 Å². The van der Waals surface area contributed by atoms with Crippen molar-refractivity contribution in [1.29, 1.82) is 0 Å². The van der Waals surface area contributed by atoms with E-state index in [4.69, 9.17) is 27.8 Å². The van der Waals surface area contributed by atoms with Crippen LogP contribution < -0.4 is 9.01 Å². The first-order valence-corrected chi connectivity index (χ1v) is 10.5. The predicted molar refractivity (Wildman–Crippen MR) is 113 cm³/mol. The first-order chi connectivity index (χ1) is 14.0. The topological polar surface area (TPSA) is 54.9 Å². The number of benzene rings is 1. The summed E-state index contributed by atoms with van der Waals surface area (Å²) < 4.78 is 39.1. The Morgan fingerprint density at radius 2 is 2.00 bits per heavy atom. The number of aromatic nitrogens is 3. The van der Waals surface area contributed by atoms with Gasteiger partial charge in [0, 0.05) is 22.1 Å². The maximum absolute atomic E-state index is 9.67. The Balaban J connectivity index is 0.000000449.